The van der Waals surface area contributed by atoms with Crippen molar-refractivity contribution in [1.29, 1.82) is 0 Å². The number of rotatable bonds is 7. The lowest BCUT2D eigenvalue weighted by atomic mass is 9.43. The Kier molecular flexibility index (Phi) is 5.26. The van der Waals surface area contributed by atoms with Gasteiger partial charge in [0.05, 0.1) is 7.11 Å². The van der Waals surface area contributed by atoms with Gasteiger partial charge in [-0.25, -0.2) is 0 Å². The van der Waals surface area contributed by atoms with Gasteiger partial charge in [0, 0.05) is 23.2 Å². The Bertz CT molecular complexity index is 941. The molecule has 0 radical (unpaired) electrons. The zero-order chi connectivity index (χ0) is 21.7. The Hall–Kier alpha value is -1.71. The van der Waals surface area contributed by atoms with Gasteiger partial charge in [-0.1, -0.05) is 55.8 Å². The number of halogens is 1. The first-order chi connectivity index (χ1) is 14.8. The Morgan fingerprint density at radius 1 is 0.968 bits per heavy atom. The number of hydrogen-bond donors (Lipinski definition) is 1. The van der Waals surface area contributed by atoms with Crippen LogP contribution >= 0.6 is 11.6 Å². The fourth-order valence-electron chi connectivity index (χ4n) is 7.65. The zero-order valence-electron chi connectivity index (χ0n) is 19.0. The summed E-state index contributed by atoms with van der Waals surface area (Å²) in [7, 11) is 1.69. The van der Waals surface area contributed by atoms with Gasteiger partial charge in [0.2, 0.25) is 0 Å². The van der Waals surface area contributed by atoms with E-state index in [2.05, 4.69) is 31.3 Å². The molecule has 6 rings (SSSR count). The third-order valence-electron chi connectivity index (χ3n) is 7.85. The summed E-state index contributed by atoms with van der Waals surface area (Å²) >= 11 is 6.71. The summed E-state index contributed by atoms with van der Waals surface area (Å²) in [6.45, 7) is 6.29. The molecule has 0 amide bonds. The molecule has 4 aliphatic carbocycles. The van der Waals surface area contributed by atoms with E-state index in [1.54, 1.807) is 7.11 Å². The topological polar surface area (TPSA) is 30.5 Å². The molecule has 2 aromatic rings. The molecule has 0 spiro atoms. The monoisotopic (exact) mass is 439 g/mol. The van der Waals surface area contributed by atoms with Crippen LogP contribution < -0.4 is 14.8 Å². The maximum atomic E-state index is 6.71. The van der Waals surface area contributed by atoms with E-state index >= 15 is 0 Å². The standard InChI is InChI=1S/C27H34ClNO2/c1-25-11-20-12-26(2,16-25)18-27(13-20,17-25)29-14-21-9-23(30-3)24(10-22(21)28)31-15-19-7-5-4-6-8-19/h4-10,20,29H,11-18H2,1-3H3. The summed E-state index contributed by atoms with van der Waals surface area (Å²) in [5.41, 5.74) is 3.45. The van der Waals surface area contributed by atoms with E-state index in [1.807, 2.05) is 30.3 Å². The summed E-state index contributed by atoms with van der Waals surface area (Å²) in [5, 5.41) is 4.72. The number of hydrogen-bond acceptors (Lipinski definition) is 3. The molecule has 4 aliphatic rings. The minimum absolute atomic E-state index is 0.252. The zero-order valence-corrected chi connectivity index (χ0v) is 19.7. The van der Waals surface area contributed by atoms with Crippen molar-refractivity contribution >= 4 is 11.6 Å². The molecule has 4 fully saturated rings. The second kappa shape index (κ2) is 7.71. The van der Waals surface area contributed by atoms with Crippen molar-refractivity contribution in [3.63, 3.8) is 0 Å². The Labute approximate surface area is 191 Å². The maximum absolute atomic E-state index is 6.71. The highest BCUT2D eigenvalue weighted by Crippen LogP contribution is 2.66. The van der Waals surface area contributed by atoms with Gasteiger partial charge in [-0.15, -0.1) is 0 Å². The van der Waals surface area contributed by atoms with E-state index in [0.29, 0.717) is 23.2 Å². The molecule has 0 aromatic heterocycles. The van der Waals surface area contributed by atoms with Crippen LogP contribution in [-0.2, 0) is 13.2 Å². The largest absolute Gasteiger partial charge is 0.493 e. The average Bonchev–Trinajstić information content (AvgIpc) is 2.69. The van der Waals surface area contributed by atoms with Crippen LogP contribution in [0.2, 0.25) is 5.02 Å². The van der Waals surface area contributed by atoms with Gasteiger partial charge < -0.3 is 14.8 Å². The first kappa shape index (κ1) is 21.2. The Morgan fingerprint density at radius 3 is 2.32 bits per heavy atom. The molecule has 0 aliphatic heterocycles. The lowest BCUT2D eigenvalue weighted by molar-refractivity contribution is -0.118. The van der Waals surface area contributed by atoms with Crippen LogP contribution in [0.1, 0.15) is 63.5 Å². The Morgan fingerprint density at radius 2 is 1.68 bits per heavy atom. The van der Waals surface area contributed by atoms with Crippen LogP contribution in [0.4, 0.5) is 0 Å². The third-order valence-corrected chi connectivity index (χ3v) is 8.20. The smallest absolute Gasteiger partial charge is 0.163 e. The molecule has 166 valence electrons. The predicted octanol–water partition coefficient (Wildman–Crippen LogP) is 6.77. The van der Waals surface area contributed by atoms with Crippen LogP contribution in [0.5, 0.6) is 11.5 Å². The highest BCUT2D eigenvalue weighted by Gasteiger charge is 2.59. The molecule has 4 saturated carbocycles. The minimum atomic E-state index is 0.252. The fourth-order valence-corrected chi connectivity index (χ4v) is 7.87. The molecule has 0 heterocycles. The SMILES string of the molecule is COc1cc(CNC23CC4CC(C)(CC(C)(C4)C2)C3)c(Cl)cc1OCc1ccccc1. The number of benzene rings is 2. The number of nitrogens with one attached hydrogen (secondary N) is 1. The van der Waals surface area contributed by atoms with Crippen LogP contribution in [0.25, 0.3) is 0 Å². The summed E-state index contributed by atoms with van der Waals surface area (Å²) in [6, 6.07) is 14.1. The fraction of sp³-hybridized carbons (Fsp3) is 0.556. The van der Waals surface area contributed by atoms with Crippen molar-refractivity contribution in [2.45, 2.75) is 71.1 Å². The van der Waals surface area contributed by atoms with Crippen LogP contribution in [0.3, 0.4) is 0 Å². The second-order valence-electron chi connectivity index (χ2n) is 11.1. The normalized spacial score (nSPS) is 33.5. The summed E-state index contributed by atoms with van der Waals surface area (Å²) in [6.07, 6.45) is 8.10. The number of ether oxygens (including phenoxy) is 2. The van der Waals surface area contributed by atoms with E-state index < -0.39 is 0 Å². The van der Waals surface area contributed by atoms with Gasteiger partial charge in [0.15, 0.2) is 11.5 Å². The molecular weight excluding hydrogens is 406 g/mol. The molecule has 2 atom stereocenters. The van der Waals surface area contributed by atoms with Crippen molar-refractivity contribution in [2.75, 3.05) is 7.11 Å². The lowest BCUT2D eigenvalue weighted by Gasteiger charge is -2.65. The van der Waals surface area contributed by atoms with Crippen LogP contribution in [0, 0.1) is 16.7 Å². The summed E-state index contributed by atoms with van der Waals surface area (Å²) < 4.78 is 11.7. The van der Waals surface area contributed by atoms with Crippen LogP contribution in [-0.4, -0.2) is 12.6 Å². The van der Waals surface area contributed by atoms with Gasteiger partial charge in [-0.3, -0.25) is 0 Å². The van der Waals surface area contributed by atoms with Crippen molar-refractivity contribution in [3.8, 4) is 11.5 Å². The van der Waals surface area contributed by atoms with Gasteiger partial charge in [-0.05, 0) is 72.5 Å². The number of methoxy groups -OCH3 is 1. The average molecular weight is 440 g/mol. The summed E-state index contributed by atoms with van der Waals surface area (Å²) in [4.78, 5) is 0. The molecule has 4 bridgehead atoms. The van der Waals surface area contributed by atoms with Crippen molar-refractivity contribution in [1.82, 2.24) is 5.32 Å². The van der Waals surface area contributed by atoms with Crippen LogP contribution in [0.15, 0.2) is 42.5 Å². The van der Waals surface area contributed by atoms with Gasteiger partial charge in [0.25, 0.3) is 0 Å². The van der Waals surface area contributed by atoms with E-state index in [9.17, 15) is 0 Å². The Balaban J connectivity index is 1.31. The highest BCUT2D eigenvalue weighted by atomic mass is 35.5. The summed E-state index contributed by atoms with van der Waals surface area (Å²) in [5.74, 6) is 2.30. The van der Waals surface area contributed by atoms with Gasteiger partial charge in [-0.2, -0.15) is 0 Å². The molecular formula is C27H34ClNO2. The van der Waals surface area contributed by atoms with Crippen molar-refractivity contribution in [3.05, 3.63) is 58.6 Å². The third kappa shape index (κ3) is 4.19. The van der Waals surface area contributed by atoms with E-state index in [1.165, 1.54) is 38.5 Å². The minimum Gasteiger partial charge on any atom is -0.493 e. The maximum Gasteiger partial charge on any atom is 0.163 e. The van der Waals surface area contributed by atoms with E-state index in [4.69, 9.17) is 21.1 Å². The highest BCUT2D eigenvalue weighted by molar-refractivity contribution is 6.31. The first-order valence-corrected chi connectivity index (χ1v) is 12.0. The molecule has 1 N–H and O–H groups in total. The molecule has 31 heavy (non-hydrogen) atoms. The molecule has 4 heteroatoms. The van der Waals surface area contributed by atoms with Crippen molar-refractivity contribution < 1.29 is 9.47 Å². The van der Waals surface area contributed by atoms with E-state index in [0.717, 1.165) is 34.4 Å². The molecule has 3 nitrogen and oxygen atoms in total. The molecule has 2 aromatic carbocycles. The van der Waals surface area contributed by atoms with E-state index in [-0.39, 0.29) is 5.54 Å². The predicted molar refractivity (Wildman–Crippen MR) is 126 cm³/mol. The lowest BCUT2D eigenvalue weighted by Crippen LogP contribution is -2.63. The van der Waals surface area contributed by atoms with Crippen molar-refractivity contribution in [2.24, 2.45) is 16.7 Å². The second-order valence-corrected chi connectivity index (χ2v) is 11.5. The van der Waals surface area contributed by atoms with Gasteiger partial charge >= 0.3 is 0 Å². The quantitative estimate of drug-likeness (QED) is 0.516. The molecule has 2 unspecified atom stereocenters. The molecule has 0 saturated heterocycles. The van der Waals surface area contributed by atoms with Gasteiger partial charge in [0.1, 0.15) is 6.61 Å². The first-order valence-electron chi connectivity index (χ1n) is 11.6.